The molecule has 3 aromatic rings. The molecule has 9 heteroatoms. The molecule has 0 aromatic heterocycles. The first-order valence-electron chi connectivity index (χ1n) is 11.6. The van der Waals surface area contributed by atoms with Gasteiger partial charge in [0, 0.05) is 60.1 Å². The van der Waals surface area contributed by atoms with Crippen molar-refractivity contribution in [1.29, 1.82) is 0 Å². The highest BCUT2D eigenvalue weighted by atomic mass is 35.5. The highest BCUT2D eigenvalue weighted by Crippen LogP contribution is 2.33. The van der Waals surface area contributed by atoms with E-state index in [1.54, 1.807) is 35.2 Å². The molecule has 1 aliphatic rings. The number of carbonyl (C=O) groups excluding carboxylic acids is 1. The van der Waals surface area contributed by atoms with E-state index >= 15 is 0 Å². The van der Waals surface area contributed by atoms with Crippen LogP contribution in [-0.2, 0) is 4.79 Å². The van der Waals surface area contributed by atoms with Crippen LogP contribution in [0.4, 0.5) is 17.1 Å². The van der Waals surface area contributed by atoms with Crippen molar-refractivity contribution in [3.63, 3.8) is 0 Å². The zero-order chi connectivity index (χ0) is 25.7. The molecular formula is C27H26Cl2N4O3. The average Bonchev–Trinajstić information content (AvgIpc) is 2.88. The summed E-state index contributed by atoms with van der Waals surface area (Å²) in [7, 11) is 0. The van der Waals surface area contributed by atoms with Gasteiger partial charge in [-0.2, -0.15) is 0 Å². The van der Waals surface area contributed by atoms with Gasteiger partial charge in [0.1, 0.15) is 5.69 Å². The standard InChI is InChI=1S/C27H26Cl2N4O3/c1-19(20-5-3-2-4-6-20)30-25-18-23(10-11-26(25)33(35)36)31-13-15-32(16-14-31)27(34)12-8-21-7-9-22(28)17-24(21)29/h2-12,17-19,30H,13-16H2,1H3. The molecule has 186 valence electrons. The first-order valence-corrected chi connectivity index (χ1v) is 12.3. The molecule has 36 heavy (non-hydrogen) atoms. The highest BCUT2D eigenvalue weighted by Gasteiger charge is 2.23. The van der Waals surface area contributed by atoms with Gasteiger partial charge >= 0.3 is 0 Å². The lowest BCUT2D eigenvalue weighted by molar-refractivity contribution is -0.384. The zero-order valence-corrected chi connectivity index (χ0v) is 21.2. The fraction of sp³-hybridized carbons (Fsp3) is 0.222. The molecular weight excluding hydrogens is 499 g/mol. The minimum Gasteiger partial charge on any atom is -0.373 e. The van der Waals surface area contributed by atoms with Gasteiger partial charge in [0.15, 0.2) is 0 Å². The molecule has 1 fully saturated rings. The molecule has 0 spiro atoms. The zero-order valence-electron chi connectivity index (χ0n) is 19.7. The Bertz CT molecular complexity index is 1280. The van der Waals surface area contributed by atoms with Crippen molar-refractivity contribution in [1.82, 2.24) is 4.90 Å². The van der Waals surface area contributed by atoms with Crippen molar-refractivity contribution in [2.24, 2.45) is 0 Å². The first-order chi connectivity index (χ1) is 17.3. The molecule has 0 aliphatic carbocycles. The lowest BCUT2D eigenvalue weighted by Crippen LogP contribution is -2.48. The molecule has 0 radical (unpaired) electrons. The summed E-state index contributed by atoms with van der Waals surface area (Å²) in [6, 6.07) is 19.9. The lowest BCUT2D eigenvalue weighted by Gasteiger charge is -2.36. The Balaban J connectivity index is 1.42. The second kappa shape index (κ2) is 11.5. The molecule has 3 aromatic carbocycles. The summed E-state index contributed by atoms with van der Waals surface area (Å²) in [6.45, 7) is 4.29. The number of piperazine rings is 1. The van der Waals surface area contributed by atoms with E-state index in [2.05, 4.69) is 10.2 Å². The number of nitro groups is 1. The molecule has 1 N–H and O–H groups in total. The molecule has 1 amide bonds. The topological polar surface area (TPSA) is 78.7 Å². The number of nitro benzene ring substituents is 1. The van der Waals surface area contributed by atoms with E-state index in [0.717, 1.165) is 16.8 Å². The first kappa shape index (κ1) is 25.5. The molecule has 4 rings (SSSR count). The smallest absolute Gasteiger partial charge is 0.292 e. The van der Waals surface area contributed by atoms with Crippen LogP contribution in [0, 0.1) is 10.1 Å². The van der Waals surface area contributed by atoms with Crippen molar-refractivity contribution in [2.45, 2.75) is 13.0 Å². The van der Waals surface area contributed by atoms with Crippen LogP contribution in [0.2, 0.25) is 10.0 Å². The van der Waals surface area contributed by atoms with Crippen LogP contribution >= 0.6 is 23.2 Å². The molecule has 1 aliphatic heterocycles. The summed E-state index contributed by atoms with van der Waals surface area (Å²) >= 11 is 12.1. The van der Waals surface area contributed by atoms with Crippen molar-refractivity contribution in [3.05, 3.63) is 104 Å². The number of nitrogens with one attached hydrogen (secondary N) is 1. The molecule has 1 saturated heterocycles. The summed E-state index contributed by atoms with van der Waals surface area (Å²) < 4.78 is 0. The maximum atomic E-state index is 12.7. The van der Waals surface area contributed by atoms with E-state index in [4.69, 9.17) is 23.2 Å². The van der Waals surface area contributed by atoms with Gasteiger partial charge in [-0.3, -0.25) is 14.9 Å². The Hall–Kier alpha value is -3.55. The second-order valence-corrected chi connectivity index (χ2v) is 9.39. The van der Waals surface area contributed by atoms with Gasteiger partial charge in [-0.15, -0.1) is 0 Å². The van der Waals surface area contributed by atoms with Gasteiger partial charge in [0.25, 0.3) is 5.69 Å². The van der Waals surface area contributed by atoms with Gasteiger partial charge in [0.05, 0.1) is 4.92 Å². The van der Waals surface area contributed by atoms with E-state index in [-0.39, 0.29) is 22.6 Å². The van der Waals surface area contributed by atoms with Gasteiger partial charge < -0.3 is 15.1 Å². The number of nitrogens with zero attached hydrogens (tertiary/aromatic N) is 3. The van der Waals surface area contributed by atoms with E-state index < -0.39 is 0 Å². The third kappa shape index (κ3) is 6.17. The summed E-state index contributed by atoms with van der Waals surface area (Å²) in [6.07, 6.45) is 3.21. The van der Waals surface area contributed by atoms with E-state index in [1.807, 2.05) is 43.3 Å². The predicted octanol–water partition coefficient (Wildman–Crippen LogP) is 6.44. The van der Waals surface area contributed by atoms with Gasteiger partial charge in [-0.25, -0.2) is 0 Å². The normalized spacial score (nSPS) is 14.6. The lowest BCUT2D eigenvalue weighted by atomic mass is 10.1. The Morgan fingerprint density at radius 2 is 1.75 bits per heavy atom. The SMILES string of the molecule is CC(Nc1cc(N2CCN(C(=O)C=Cc3ccc(Cl)cc3Cl)CC2)ccc1[N+](=O)[O-])c1ccccc1. The highest BCUT2D eigenvalue weighted by molar-refractivity contribution is 6.35. The number of rotatable bonds is 7. The van der Waals surface area contributed by atoms with Crippen LogP contribution < -0.4 is 10.2 Å². The summed E-state index contributed by atoms with van der Waals surface area (Å²) in [5.74, 6) is -0.0941. The quantitative estimate of drug-likeness (QED) is 0.218. The maximum absolute atomic E-state index is 12.7. The van der Waals surface area contributed by atoms with E-state index in [0.29, 0.717) is 41.9 Å². The Kier molecular flexibility index (Phi) is 8.13. The minimum absolute atomic E-state index is 0.0290. The third-order valence-electron chi connectivity index (χ3n) is 6.17. The second-order valence-electron chi connectivity index (χ2n) is 8.55. The summed E-state index contributed by atoms with van der Waals surface area (Å²) in [4.78, 5) is 27.9. The van der Waals surface area contributed by atoms with Crippen molar-refractivity contribution >= 4 is 52.2 Å². The van der Waals surface area contributed by atoms with Gasteiger partial charge in [-0.1, -0.05) is 59.6 Å². The van der Waals surface area contributed by atoms with Gasteiger partial charge in [0.2, 0.25) is 5.91 Å². The average molecular weight is 525 g/mol. The number of halogens is 2. The number of anilines is 2. The van der Waals surface area contributed by atoms with Crippen LogP contribution in [0.3, 0.4) is 0 Å². The number of benzene rings is 3. The van der Waals surface area contributed by atoms with Crippen molar-refractivity contribution in [2.75, 3.05) is 36.4 Å². The molecule has 1 unspecified atom stereocenters. The number of carbonyl (C=O) groups is 1. The fourth-order valence-electron chi connectivity index (χ4n) is 4.14. The third-order valence-corrected chi connectivity index (χ3v) is 6.74. The van der Waals surface area contributed by atoms with Crippen LogP contribution in [0.25, 0.3) is 6.08 Å². The minimum atomic E-state index is -0.375. The van der Waals surface area contributed by atoms with Crippen LogP contribution in [0.5, 0.6) is 0 Å². The molecule has 1 atom stereocenters. The Morgan fingerprint density at radius 3 is 2.42 bits per heavy atom. The number of hydrogen-bond donors (Lipinski definition) is 1. The monoisotopic (exact) mass is 524 g/mol. The van der Waals surface area contributed by atoms with Crippen LogP contribution in [-0.4, -0.2) is 41.9 Å². The largest absolute Gasteiger partial charge is 0.373 e. The van der Waals surface area contributed by atoms with Crippen LogP contribution in [0.1, 0.15) is 24.1 Å². The predicted molar refractivity (Wildman–Crippen MR) is 146 cm³/mol. The number of amides is 1. The number of hydrogen-bond acceptors (Lipinski definition) is 5. The van der Waals surface area contributed by atoms with Crippen molar-refractivity contribution < 1.29 is 9.72 Å². The van der Waals surface area contributed by atoms with Crippen molar-refractivity contribution in [3.8, 4) is 0 Å². The molecule has 1 heterocycles. The maximum Gasteiger partial charge on any atom is 0.292 e. The fourth-order valence-corrected chi connectivity index (χ4v) is 4.61. The molecule has 0 bridgehead atoms. The Morgan fingerprint density at radius 1 is 1.03 bits per heavy atom. The summed E-state index contributed by atoms with van der Waals surface area (Å²) in [5, 5.41) is 16.0. The van der Waals surface area contributed by atoms with E-state index in [9.17, 15) is 14.9 Å². The Labute approximate surface area is 220 Å². The van der Waals surface area contributed by atoms with Crippen LogP contribution in [0.15, 0.2) is 72.8 Å². The van der Waals surface area contributed by atoms with E-state index in [1.165, 1.54) is 12.1 Å². The summed E-state index contributed by atoms with van der Waals surface area (Å²) in [5.41, 5.74) is 3.14. The molecule has 0 saturated carbocycles. The van der Waals surface area contributed by atoms with Gasteiger partial charge in [-0.05, 0) is 48.4 Å². The molecule has 7 nitrogen and oxygen atoms in total.